The number of sulfone groups is 1. The number of hydrogen-bond donors (Lipinski definition) is 1. The van der Waals surface area contributed by atoms with Crippen LogP contribution in [0.4, 0.5) is 0 Å². The second kappa shape index (κ2) is 6.21. The van der Waals surface area contributed by atoms with Crippen LogP contribution >= 0.6 is 23.1 Å². The molecular formula is C16H19N3O3S3. The van der Waals surface area contributed by atoms with E-state index in [9.17, 15) is 13.2 Å². The maximum absolute atomic E-state index is 12.3. The lowest BCUT2D eigenvalue weighted by Gasteiger charge is -2.23. The molecule has 1 fully saturated rings. The maximum atomic E-state index is 12.3. The lowest BCUT2D eigenvalue weighted by molar-refractivity contribution is -0.120. The average molecular weight is 398 g/mol. The third kappa shape index (κ3) is 3.41. The van der Waals surface area contributed by atoms with Crippen molar-refractivity contribution in [3.63, 3.8) is 0 Å². The summed E-state index contributed by atoms with van der Waals surface area (Å²) in [6, 6.07) is 0. The molecule has 1 N–H and O–H groups in total. The Hall–Kier alpha value is -1.19. The molecule has 2 aromatic rings. The molecule has 4 rings (SSSR count). The van der Waals surface area contributed by atoms with Gasteiger partial charge in [0.2, 0.25) is 5.91 Å². The fourth-order valence-corrected chi connectivity index (χ4v) is 7.84. The van der Waals surface area contributed by atoms with Crippen LogP contribution in [-0.2, 0) is 27.5 Å². The number of fused-ring (bicyclic) bond motifs is 3. The van der Waals surface area contributed by atoms with Gasteiger partial charge in [-0.1, -0.05) is 11.8 Å². The van der Waals surface area contributed by atoms with Gasteiger partial charge in [-0.2, -0.15) is 0 Å². The van der Waals surface area contributed by atoms with E-state index < -0.39 is 15.4 Å². The second-order valence-corrected chi connectivity index (χ2v) is 11.2. The highest BCUT2D eigenvalue weighted by Gasteiger charge is 2.39. The Balaban J connectivity index is 1.47. The van der Waals surface area contributed by atoms with Crippen LogP contribution in [0.25, 0.3) is 10.2 Å². The first kappa shape index (κ1) is 17.2. The number of hydrogen-bond acceptors (Lipinski definition) is 7. The third-order valence-corrected chi connectivity index (χ3v) is 8.84. The minimum absolute atomic E-state index is 0.0200. The highest BCUT2D eigenvalue weighted by molar-refractivity contribution is 8.00. The number of rotatable bonds is 4. The molecule has 0 radical (unpaired) electrons. The molecule has 6 nitrogen and oxygen atoms in total. The number of amides is 1. The molecule has 1 atom stereocenters. The molecule has 2 aromatic heterocycles. The minimum Gasteiger partial charge on any atom is -0.349 e. The molecule has 0 spiro atoms. The van der Waals surface area contributed by atoms with E-state index in [1.165, 1.54) is 28.6 Å². The van der Waals surface area contributed by atoms with Crippen LogP contribution in [0.5, 0.6) is 0 Å². The quantitative estimate of drug-likeness (QED) is 0.627. The molecule has 1 amide bonds. The second-order valence-electron chi connectivity index (χ2n) is 6.96. The Morgan fingerprint density at radius 3 is 3.00 bits per heavy atom. The zero-order chi connectivity index (χ0) is 17.7. The zero-order valence-electron chi connectivity index (χ0n) is 13.9. The predicted molar refractivity (Wildman–Crippen MR) is 100.0 cm³/mol. The summed E-state index contributed by atoms with van der Waals surface area (Å²) < 4.78 is 23.3. The standard InChI is InChI=1S/C16H19N3O3S3/c1-16(5-6-25(21,22)8-16)19-12(20)7-23-14-13-10-3-2-4-11(10)24-15(13)18-9-17-14/h9H,2-8H2,1H3,(H,19,20)/t16-/m0/s1. The monoisotopic (exact) mass is 397 g/mol. The van der Waals surface area contributed by atoms with Gasteiger partial charge in [-0.05, 0) is 38.2 Å². The van der Waals surface area contributed by atoms with E-state index in [1.807, 2.05) is 0 Å². The summed E-state index contributed by atoms with van der Waals surface area (Å²) in [5.41, 5.74) is 0.693. The summed E-state index contributed by atoms with van der Waals surface area (Å²) in [6.45, 7) is 1.80. The van der Waals surface area contributed by atoms with E-state index in [-0.39, 0.29) is 23.2 Å². The average Bonchev–Trinajstić information content (AvgIpc) is 3.17. The normalized spacial score (nSPS) is 24.5. The zero-order valence-corrected chi connectivity index (χ0v) is 16.3. The first-order valence-electron chi connectivity index (χ1n) is 8.25. The van der Waals surface area contributed by atoms with E-state index in [0.29, 0.717) is 6.42 Å². The molecule has 0 unspecified atom stereocenters. The molecule has 3 heterocycles. The van der Waals surface area contributed by atoms with E-state index >= 15 is 0 Å². The fraction of sp³-hybridized carbons (Fsp3) is 0.562. The predicted octanol–water partition coefficient (Wildman–Crippen LogP) is 1.97. The van der Waals surface area contributed by atoms with Gasteiger partial charge in [0.1, 0.15) is 16.2 Å². The number of carbonyl (C=O) groups is 1. The molecule has 0 saturated carbocycles. The Morgan fingerprint density at radius 1 is 1.40 bits per heavy atom. The molecule has 134 valence electrons. The van der Waals surface area contributed by atoms with E-state index in [2.05, 4.69) is 15.3 Å². The molecule has 0 aromatic carbocycles. The smallest absolute Gasteiger partial charge is 0.230 e. The summed E-state index contributed by atoms with van der Waals surface area (Å²) >= 11 is 3.13. The van der Waals surface area contributed by atoms with Gasteiger partial charge in [-0.15, -0.1) is 11.3 Å². The van der Waals surface area contributed by atoms with Crippen LogP contribution < -0.4 is 5.32 Å². The van der Waals surface area contributed by atoms with Crippen LogP contribution in [-0.4, -0.2) is 47.1 Å². The lowest BCUT2D eigenvalue weighted by Crippen LogP contribution is -2.47. The summed E-state index contributed by atoms with van der Waals surface area (Å²) in [7, 11) is -3.04. The van der Waals surface area contributed by atoms with Crippen LogP contribution in [0.3, 0.4) is 0 Å². The number of nitrogens with zero attached hydrogens (tertiary/aromatic N) is 2. The van der Waals surface area contributed by atoms with Crippen molar-refractivity contribution in [1.82, 2.24) is 15.3 Å². The van der Waals surface area contributed by atoms with Gasteiger partial charge in [-0.3, -0.25) is 4.79 Å². The van der Waals surface area contributed by atoms with Crippen molar-refractivity contribution >= 4 is 49.1 Å². The number of nitrogens with one attached hydrogen (secondary N) is 1. The van der Waals surface area contributed by atoms with Gasteiger partial charge in [0.05, 0.1) is 22.8 Å². The van der Waals surface area contributed by atoms with Crippen molar-refractivity contribution in [1.29, 1.82) is 0 Å². The van der Waals surface area contributed by atoms with Crippen molar-refractivity contribution in [2.45, 2.75) is 43.2 Å². The Labute approximate surface area is 154 Å². The van der Waals surface area contributed by atoms with Crippen LogP contribution in [0, 0.1) is 0 Å². The Kier molecular flexibility index (Phi) is 4.28. The van der Waals surface area contributed by atoms with Crippen molar-refractivity contribution in [2.24, 2.45) is 0 Å². The first-order valence-corrected chi connectivity index (χ1v) is 11.9. The summed E-state index contributed by atoms with van der Waals surface area (Å²) in [6.07, 6.45) is 5.36. The van der Waals surface area contributed by atoms with Crippen LogP contribution in [0.1, 0.15) is 30.2 Å². The highest BCUT2D eigenvalue weighted by Crippen LogP contribution is 2.40. The molecular weight excluding hydrogens is 378 g/mol. The van der Waals surface area contributed by atoms with Gasteiger partial charge in [-0.25, -0.2) is 18.4 Å². The number of aromatic nitrogens is 2. The molecule has 9 heteroatoms. The number of carbonyl (C=O) groups excluding carboxylic acids is 1. The molecule has 1 aliphatic heterocycles. The van der Waals surface area contributed by atoms with Gasteiger partial charge < -0.3 is 5.32 Å². The van der Waals surface area contributed by atoms with Gasteiger partial charge in [0, 0.05) is 10.3 Å². The number of thiophene rings is 1. The van der Waals surface area contributed by atoms with E-state index in [4.69, 9.17) is 0 Å². The summed E-state index contributed by atoms with van der Waals surface area (Å²) in [5, 5.41) is 4.85. The lowest BCUT2D eigenvalue weighted by atomic mass is 10.0. The topological polar surface area (TPSA) is 89.0 Å². The van der Waals surface area contributed by atoms with Crippen molar-refractivity contribution < 1.29 is 13.2 Å². The SMILES string of the molecule is C[C@]1(NC(=O)CSc2ncnc3sc4c(c23)CCC4)CCS(=O)(=O)C1. The molecule has 2 aliphatic rings. The number of thioether (sulfide) groups is 1. The van der Waals surface area contributed by atoms with E-state index in [1.54, 1.807) is 24.6 Å². The summed E-state index contributed by atoms with van der Waals surface area (Å²) in [5.74, 6) is 0.242. The van der Waals surface area contributed by atoms with Crippen LogP contribution in [0.2, 0.25) is 0 Å². The molecule has 25 heavy (non-hydrogen) atoms. The van der Waals surface area contributed by atoms with E-state index in [0.717, 1.165) is 28.1 Å². The van der Waals surface area contributed by atoms with Crippen molar-refractivity contribution in [3.05, 3.63) is 16.8 Å². The van der Waals surface area contributed by atoms with Gasteiger partial charge in [0.25, 0.3) is 0 Å². The largest absolute Gasteiger partial charge is 0.349 e. The maximum Gasteiger partial charge on any atom is 0.230 e. The van der Waals surface area contributed by atoms with Gasteiger partial charge in [0.15, 0.2) is 9.84 Å². The van der Waals surface area contributed by atoms with Crippen molar-refractivity contribution in [2.75, 3.05) is 17.3 Å². The van der Waals surface area contributed by atoms with Crippen LogP contribution in [0.15, 0.2) is 11.4 Å². The minimum atomic E-state index is -3.04. The molecule has 1 saturated heterocycles. The first-order chi connectivity index (χ1) is 11.9. The fourth-order valence-electron chi connectivity index (χ4n) is 3.62. The Morgan fingerprint density at radius 2 is 2.24 bits per heavy atom. The third-order valence-electron chi connectivity index (χ3n) is 4.75. The van der Waals surface area contributed by atoms with Crippen molar-refractivity contribution in [3.8, 4) is 0 Å². The Bertz CT molecular complexity index is 954. The molecule has 1 aliphatic carbocycles. The molecule has 0 bridgehead atoms. The number of aryl methyl sites for hydroxylation is 2. The van der Waals surface area contributed by atoms with Gasteiger partial charge >= 0.3 is 0 Å². The summed E-state index contributed by atoms with van der Waals surface area (Å²) in [4.78, 5) is 23.5. The highest BCUT2D eigenvalue weighted by atomic mass is 32.2.